The molecule has 0 radical (unpaired) electrons. The highest BCUT2D eigenvalue weighted by atomic mass is 35.5. The third-order valence-corrected chi connectivity index (χ3v) is 4.24. The molecule has 4 heteroatoms. The summed E-state index contributed by atoms with van der Waals surface area (Å²) < 4.78 is 0. The molecule has 2 atom stereocenters. The summed E-state index contributed by atoms with van der Waals surface area (Å²) in [5, 5.41) is 7.09. The molecule has 104 valence electrons. The Hall–Kier alpha value is -1.06. The van der Waals surface area contributed by atoms with Crippen molar-refractivity contribution < 1.29 is 4.79 Å². The first-order valence-corrected chi connectivity index (χ1v) is 7.23. The van der Waals surface area contributed by atoms with E-state index in [1.54, 1.807) is 6.07 Å². The van der Waals surface area contributed by atoms with Gasteiger partial charge < -0.3 is 10.6 Å². The van der Waals surface area contributed by atoms with Gasteiger partial charge in [-0.25, -0.2) is 0 Å². The van der Waals surface area contributed by atoms with E-state index in [1.165, 1.54) is 12.8 Å². The number of hydrogen-bond acceptors (Lipinski definition) is 2. The van der Waals surface area contributed by atoms with Gasteiger partial charge in [-0.1, -0.05) is 17.7 Å². The number of benzene rings is 1. The van der Waals surface area contributed by atoms with Gasteiger partial charge in [0, 0.05) is 16.6 Å². The Labute approximate surface area is 119 Å². The van der Waals surface area contributed by atoms with Crippen molar-refractivity contribution in [2.45, 2.75) is 32.7 Å². The van der Waals surface area contributed by atoms with E-state index in [1.807, 2.05) is 19.1 Å². The molecular weight excluding hydrogens is 260 g/mol. The molecule has 1 amide bonds. The number of nitrogens with one attached hydrogen (secondary N) is 2. The van der Waals surface area contributed by atoms with Gasteiger partial charge in [-0.3, -0.25) is 4.79 Å². The van der Waals surface area contributed by atoms with Crippen molar-refractivity contribution in [2.75, 3.05) is 13.1 Å². The van der Waals surface area contributed by atoms with Gasteiger partial charge in [-0.2, -0.15) is 0 Å². The number of rotatable bonds is 3. The van der Waals surface area contributed by atoms with Crippen molar-refractivity contribution in [2.24, 2.45) is 5.92 Å². The number of hydrogen-bond donors (Lipinski definition) is 2. The predicted octanol–water partition coefficient (Wildman–Crippen LogP) is 2.77. The van der Waals surface area contributed by atoms with Crippen molar-refractivity contribution in [1.82, 2.24) is 10.6 Å². The van der Waals surface area contributed by atoms with Gasteiger partial charge in [0.25, 0.3) is 5.91 Å². The standard InChI is InChI=1S/C15H21ClN2O/c1-10-5-6-12(8-14(10)16)15(19)18-11(2)13-4-3-7-17-9-13/h5-6,8,11,13,17H,3-4,7,9H2,1-2H3,(H,18,19). The summed E-state index contributed by atoms with van der Waals surface area (Å²) >= 11 is 6.05. The van der Waals surface area contributed by atoms with E-state index in [9.17, 15) is 4.79 Å². The quantitative estimate of drug-likeness (QED) is 0.894. The molecule has 2 N–H and O–H groups in total. The van der Waals surface area contributed by atoms with Crippen LogP contribution in [0.4, 0.5) is 0 Å². The summed E-state index contributed by atoms with van der Waals surface area (Å²) in [6.07, 6.45) is 2.35. The third kappa shape index (κ3) is 3.71. The minimum Gasteiger partial charge on any atom is -0.349 e. The molecule has 0 aliphatic carbocycles. The zero-order chi connectivity index (χ0) is 13.8. The average Bonchev–Trinajstić information content (AvgIpc) is 2.42. The van der Waals surface area contributed by atoms with Crippen LogP contribution >= 0.6 is 11.6 Å². The smallest absolute Gasteiger partial charge is 0.251 e. The molecule has 1 aliphatic heterocycles. The molecule has 1 aliphatic rings. The number of halogens is 1. The Morgan fingerprint density at radius 1 is 1.53 bits per heavy atom. The van der Waals surface area contributed by atoms with Crippen LogP contribution in [-0.2, 0) is 0 Å². The Bertz CT molecular complexity index is 455. The van der Waals surface area contributed by atoms with Gasteiger partial charge in [0.2, 0.25) is 0 Å². The van der Waals surface area contributed by atoms with Crippen molar-refractivity contribution >= 4 is 17.5 Å². The fraction of sp³-hybridized carbons (Fsp3) is 0.533. The minimum atomic E-state index is -0.0417. The Morgan fingerprint density at radius 2 is 2.32 bits per heavy atom. The van der Waals surface area contributed by atoms with E-state index in [2.05, 4.69) is 17.6 Å². The van der Waals surface area contributed by atoms with E-state index < -0.39 is 0 Å². The Kier molecular flexibility index (Phi) is 4.83. The van der Waals surface area contributed by atoms with Crippen LogP contribution in [0.5, 0.6) is 0 Å². The molecule has 0 saturated carbocycles. The van der Waals surface area contributed by atoms with Gasteiger partial charge >= 0.3 is 0 Å². The summed E-state index contributed by atoms with van der Waals surface area (Å²) in [5.41, 5.74) is 1.62. The average molecular weight is 281 g/mol. The van der Waals surface area contributed by atoms with Crippen LogP contribution in [-0.4, -0.2) is 25.0 Å². The topological polar surface area (TPSA) is 41.1 Å². The van der Waals surface area contributed by atoms with Crippen LogP contribution in [0.15, 0.2) is 18.2 Å². The highest BCUT2D eigenvalue weighted by Gasteiger charge is 2.21. The van der Waals surface area contributed by atoms with Crippen LogP contribution in [0.3, 0.4) is 0 Å². The lowest BCUT2D eigenvalue weighted by molar-refractivity contribution is 0.0922. The van der Waals surface area contributed by atoms with E-state index in [0.29, 0.717) is 16.5 Å². The first-order chi connectivity index (χ1) is 9.08. The maximum atomic E-state index is 12.2. The lowest BCUT2D eigenvalue weighted by atomic mass is 9.92. The molecule has 1 aromatic carbocycles. The second-order valence-electron chi connectivity index (χ2n) is 5.33. The van der Waals surface area contributed by atoms with Crippen molar-refractivity contribution in [3.05, 3.63) is 34.3 Å². The summed E-state index contributed by atoms with van der Waals surface area (Å²) in [6, 6.07) is 5.62. The van der Waals surface area contributed by atoms with Crippen LogP contribution < -0.4 is 10.6 Å². The molecule has 19 heavy (non-hydrogen) atoms. The summed E-state index contributed by atoms with van der Waals surface area (Å²) in [7, 11) is 0. The Morgan fingerprint density at radius 3 is 2.95 bits per heavy atom. The van der Waals surface area contributed by atoms with Crippen molar-refractivity contribution in [3.63, 3.8) is 0 Å². The van der Waals surface area contributed by atoms with E-state index in [4.69, 9.17) is 11.6 Å². The SMILES string of the molecule is Cc1ccc(C(=O)NC(C)C2CCCNC2)cc1Cl. The van der Waals surface area contributed by atoms with Gasteiger partial charge in [0.15, 0.2) is 0 Å². The maximum Gasteiger partial charge on any atom is 0.251 e. The van der Waals surface area contributed by atoms with E-state index in [0.717, 1.165) is 18.7 Å². The third-order valence-electron chi connectivity index (χ3n) is 3.83. The molecule has 1 heterocycles. The zero-order valence-corrected chi connectivity index (χ0v) is 12.3. The molecule has 1 aromatic rings. The predicted molar refractivity (Wildman–Crippen MR) is 78.7 cm³/mol. The number of carbonyl (C=O) groups excluding carboxylic acids is 1. The molecule has 2 rings (SSSR count). The highest BCUT2D eigenvalue weighted by Crippen LogP contribution is 2.18. The van der Waals surface area contributed by atoms with Crippen LogP contribution in [0.2, 0.25) is 5.02 Å². The summed E-state index contributed by atoms with van der Waals surface area (Å²) in [5.74, 6) is 0.471. The summed E-state index contributed by atoms with van der Waals surface area (Å²) in [4.78, 5) is 12.2. The second-order valence-corrected chi connectivity index (χ2v) is 5.74. The number of amides is 1. The van der Waals surface area contributed by atoms with E-state index in [-0.39, 0.29) is 11.9 Å². The molecule has 0 aromatic heterocycles. The first kappa shape index (κ1) is 14.4. The van der Waals surface area contributed by atoms with Gasteiger partial charge in [0.1, 0.15) is 0 Å². The first-order valence-electron chi connectivity index (χ1n) is 6.85. The number of aryl methyl sites for hydroxylation is 1. The van der Waals surface area contributed by atoms with Crippen LogP contribution in [0, 0.1) is 12.8 Å². The molecule has 1 fully saturated rings. The zero-order valence-electron chi connectivity index (χ0n) is 11.5. The fourth-order valence-corrected chi connectivity index (χ4v) is 2.63. The highest BCUT2D eigenvalue weighted by molar-refractivity contribution is 6.31. The Balaban J connectivity index is 1.97. The number of piperidine rings is 1. The largest absolute Gasteiger partial charge is 0.349 e. The van der Waals surface area contributed by atoms with Gasteiger partial charge in [-0.05, 0) is 63.4 Å². The molecule has 2 unspecified atom stereocenters. The fourth-order valence-electron chi connectivity index (χ4n) is 2.45. The van der Waals surface area contributed by atoms with Crippen LogP contribution in [0.1, 0.15) is 35.7 Å². The number of carbonyl (C=O) groups is 1. The molecule has 1 saturated heterocycles. The molecule has 3 nitrogen and oxygen atoms in total. The minimum absolute atomic E-state index is 0.0417. The maximum absolute atomic E-state index is 12.2. The lowest BCUT2D eigenvalue weighted by Crippen LogP contribution is -2.44. The lowest BCUT2D eigenvalue weighted by Gasteiger charge is -2.29. The monoisotopic (exact) mass is 280 g/mol. The van der Waals surface area contributed by atoms with Gasteiger partial charge in [-0.15, -0.1) is 0 Å². The van der Waals surface area contributed by atoms with Crippen molar-refractivity contribution in [3.8, 4) is 0 Å². The van der Waals surface area contributed by atoms with Crippen LogP contribution in [0.25, 0.3) is 0 Å². The second kappa shape index (κ2) is 6.40. The molecule has 0 bridgehead atoms. The van der Waals surface area contributed by atoms with Gasteiger partial charge in [0.05, 0.1) is 0 Å². The molecular formula is C15H21ClN2O. The molecule has 0 spiro atoms. The van der Waals surface area contributed by atoms with Crippen molar-refractivity contribution in [1.29, 1.82) is 0 Å². The summed E-state index contributed by atoms with van der Waals surface area (Å²) in [6.45, 7) is 6.08. The van der Waals surface area contributed by atoms with E-state index >= 15 is 0 Å². The normalized spacial score (nSPS) is 20.9.